The molecule has 31 heavy (non-hydrogen) atoms. The van der Waals surface area contributed by atoms with Crippen LogP contribution in [0.5, 0.6) is 0 Å². The van der Waals surface area contributed by atoms with Crippen LogP contribution < -0.4 is 10.0 Å². The third-order valence-corrected chi connectivity index (χ3v) is 6.73. The first-order valence-electron chi connectivity index (χ1n) is 9.70. The van der Waals surface area contributed by atoms with Crippen LogP contribution in [0.3, 0.4) is 0 Å². The molecule has 1 heterocycles. The molecular weight excluding hydrogens is 442 g/mol. The number of carbonyl (C=O) groups is 3. The molecule has 1 atom stereocenters. The Morgan fingerprint density at radius 3 is 2.32 bits per heavy atom. The molecule has 1 unspecified atom stereocenters. The van der Waals surface area contributed by atoms with E-state index in [1.165, 1.54) is 29.2 Å². The molecular formula is C21H20ClN3O5S. The van der Waals surface area contributed by atoms with Crippen LogP contribution in [0.25, 0.3) is 0 Å². The summed E-state index contributed by atoms with van der Waals surface area (Å²) in [5.41, 5.74) is 0.913. The van der Waals surface area contributed by atoms with Gasteiger partial charge in [0.1, 0.15) is 6.04 Å². The lowest BCUT2D eigenvalue weighted by Gasteiger charge is -2.28. The van der Waals surface area contributed by atoms with Crippen LogP contribution in [-0.4, -0.2) is 37.1 Å². The van der Waals surface area contributed by atoms with E-state index < -0.39 is 27.9 Å². The second kappa shape index (κ2) is 8.07. The van der Waals surface area contributed by atoms with E-state index in [0.717, 1.165) is 17.7 Å². The van der Waals surface area contributed by atoms with Crippen molar-refractivity contribution in [2.24, 2.45) is 11.1 Å². The minimum absolute atomic E-state index is 0.122. The number of primary sulfonamides is 1. The number of halogens is 1. The average Bonchev–Trinajstić information content (AvgIpc) is 3.52. The molecule has 2 aromatic rings. The lowest BCUT2D eigenvalue weighted by atomic mass is 10.1. The van der Waals surface area contributed by atoms with Gasteiger partial charge in [-0.15, -0.1) is 0 Å². The molecule has 2 aromatic carbocycles. The zero-order valence-electron chi connectivity index (χ0n) is 16.4. The van der Waals surface area contributed by atoms with E-state index in [-0.39, 0.29) is 35.4 Å². The second-order valence-corrected chi connectivity index (χ2v) is 9.63. The summed E-state index contributed by atoms with van der Waals surface area (Å²) in [5.74, 6) is -1.31. The molecule has 162 valence electrons. The Morgan fingerprint density at radius 1 is 1.10 bits per heavy atom. The summed E-state index contributed by atoms with van der Waals surface area (Å²) in [5, 5.41) is 5.57. The largest absolute Gasteiger partial charge is 0.325 e. The van der Waals surface area contributed by atoms with E-state index in [1.54, 1.807) is 24.3 Å². The second-order valence-electron chi connectivity index (χ2n) is 7.66. The van der Waals surface area contributed by atoms with Gasteiger partial charge in [0.25, 0.3) is 5.91 Å². The average molecular weight is 462 g/mol. The van der Waals surface area contributed by atoms with Crippen LogP contribution in [0.15, 0.2) is 53.4 Å². The van der Waals surface area contributed by atoms with E-state index in [4.69, 9.17) is 16.7 Å². The van der Waals surface area contributed by atoms with Crippen LogP contribution in [0.1, 0.15) is 24.8 Å². The topological polar surface area (TPSA) is 118 Å². The first-order chi connectivity index (χ1) is 14.7. The van der Waals surface area contributed by atoms with Gasteiger partial charge in [0, 0.05) is 17.5 Å². The van der Waals surface area contributed by atoms with Crippen LogP contribution in [0.2, 0.25) is 5.02 Å². The van der Waals surface area contributed by atoms with Gasteiger partial charge in [0.2, 0.25) is 21.8 Å². The predicted molar refractivity (Wildman–Crippen MR) is 113 cm³/mol. The van der Waals surface area contributed by atoms with Crippen LogP contribution in [0.4, 0.5) is 5.69 Å². The highest BCUT2D eigenvalue weighted by atomic mass is 35.5. The van der Waals surface area contributed by atoms with Crippen LogP contribution >= 0.6 is 11.6 Å². The molecule has 0 aromatic heterocycles. The highest BCUT2D eigenvalue weighted by Gasteiger charge is 2.47. The Hall–Kier alpha value is -2.75. The number of nitrogens with two attached hydrogens (primary N) is 1. The van der Waals surface area contributed by atoms with Crippen molar-refractivity contribution in [3.8, 4) is 0 Å². The Kier molecular flexibility index (Phi) is 5.59. The number of rotatable bonds is 6. The zero-order valence-corrected chi connectivity index (χ0v) is 18.0. The molecule has 2 fully saturated rings. The van der Waals surface area contributed by atoms with Gasteiger partial charge in [-0.2, -0.15) is 0 Å². The fourth-order valence-corrected chi connectivity index (χ4v) is 4.34. The molecule has 4 rings (SSSR count). The number of nitrogens with zero attached hydrogens (tertiary/aromatic N) is 2. The van der Waals surface area contributed by atoms with Crippen molar-refractivity contribution in [2.75, 3.05) is 4.90 Å². The fraction of sp³-hybridized carbons (Fsp3) is 0.286. The van der Waals surface area contributed by atoms with Gasteiger partial charge in [0.05, 0.1) is 17.0 Å². The Labute approximate surface area is 184 Å². The number of hydrogen-bond donors (Lipinski definition) is 1. The van der Waals surface area contributed by atoms with Gasteiger partial charge < -0.3 is 4.90 Å². The molecule has 2 aliphatic rings. The minimum Gasteiger partial charge on any atom is -0.325 e. The van der Waals surface area contributed by atoms with Gasteiger partial charge in [-0.25, -0.2) is 18.5 Å². The number of imide groups is 1. The number of benzene rings is 2. The molecule has 8 nitrogen and oxygen atoms in total. The molecule has 1 aliphatic heterocycles. The summed E-state index contributed by atoms with van der Waals surface area (Å²) in [6.07, 6.45) is 1.36. The van der Waals surface area contributed by atoms with Crippen molar-refractivity contribution in [1.82, 2.24) is 4.90 Å². The molecule has 1 aliphatic carbocycles. The maximum atomic E-state index is 13.2. The van der Waals surface area contributed by atoms with Crippen molar-refractivity contribution in [3.63, 3.8) is 0 Å². The maximum Gasteiger partial charge on any atom is 0.257 e. The Bertz CT molecular complexity index is 1160. The van der Waals surface area contributed by atoms with Crippen molar-refractivity contribution in [2.45, 2.75) is 36.7 Å². The third-order valence-electron chi connectivity index (χ3n) is 5.43. The molecule has 10 heteroatoms. The summed E-state index contributed by atoms with van der Waals surface area (Å²) >= 11 is 6.26. The number of hydrogen-bond acceptors (Lipinski definition) is 5. The van der Waals surface area contributed by atoms with E-state index >= 15 is 0 Å². The van der Waals surface area contributed by atoms with Crippen molar-refractivity contribution < 1.29 is 22.8 Å². The Morgan fingerprint density at radius 2 is 1.74 bits per heavy atom. The van der Waals surface area contributed by atoms with E-state index in [2.05, 4.69) is 0 Å². The molecule has 0 bridgehead atoms. The minimum atomic E-state index is -3.90. The molecule has 1 saturated carbocycles. The first kappa shape index (κ1) is 21.5. The molecule has 3 amide bonds. The van der Waals surface area contributed by atoms with Gasteiger partial charge >= 0.3 is 0 Å². The smallest absolute Gasteiger partial charge is 0.257 e. The fourth-order valence-electron chi connectivity index (χ4n) is 3.63. The number of anilines is 1. The molecule has 0 radical (unpaired) electrons. The number of sulfonamides is 1. The summed E-state index contributed by atoms with van der Waals surface area (Å²) in [6.45, 7) is 0.122. The highest BCUT2D eigenvalue weighted by molar-refractivity contribution is 7.89. The predicted octanol–water partition coefficient (Wildman–Crippen LogP) is 2.06. The molecule has 0 spiro atoms. The van der Waals surface area contributed by atoms with E-state index in [1.807, 2.05) is 0 Å². The van der Waals surface area contributed by atoms with Crippen molar-refractivity contribution in [1.29, 1.82) is 0 Å². The summed E-state index contributed by atoms with van der Waals surface area (Å²) in [6, 6.07) is 11.3. The van der Waals surface area contributed by atoms with Crippen molar-refractivity contribution >= 4 is 45.0 Å². The van der Waals surface area contributed by atoms with E-state index in [0.29, 0.717) is 10.6 Å². The molecule has 1 saturated heterocycles. The SMILES string of the molecule is NS(=O)(=O)c1ccc(N2C(=O)CC(N(Cc3ccccc3Cl)C(=O)C3CC3)C2=O)cc1. The zero-order chi connectivity index (χ0) is 22.3. The lowest BCUT2D eigenvalue weighted by Crippen LogP contribution is -2.45. The normalized spacial score (nSPS) is 19.0. The van der Waals surface area contributed by atoms with Crippen LogP contribution in [-0.2, 0) is 31.0 Å². The summed E-state index contributed by atoms with van der Waals surface area (Å²) in [7, 11) is -3.90. The van der Waals surface area contributed by atoms with E-state index in [9.17, 15) is 22.8 Å². The highest BCUT2D eigenvalue weighted by Crippen LogP contribution is 2.35. The van der Waals surface area contributed by atoms with Gasteiger partial charge in [-0.05, 0) is 48.7 Å². The monoisotopic (exact) mass is 461 g/mol. The Balaban J connectivity index is 1.63. The van der Waals surface area contributed by atoms with Gasteiger partial charge in [-0.1, -0.05) is 29.8 Å². The van der Waals surface area contributed by atoms with Crippen molar-refractivity contribution in [3.05, 3.63) is 59.1 Å². The maximum absolute atomic E-state index is 13.2. The standard InChI is InChI=1S/C21H20ClN3O5S/c22-17-4-2-1-3-14(17)12-24(20(27)13-5-6-13)18-11-19(26)25(21(18)28)15-7-9-16(10-8-15)31(23,29)30/h1-4,7-10,13,18H,5-6,11-12H2,(H2,23,29,30). The van der Waals surface area contributed by atoms with Gasteiger partial charge in [-0.3, -0.25) is 14.4 Å². The summed E-state index contributed by atoms with van der Waals surface area (Å²) in [4.78, 5) is 41.2. The lowest BCUT2D eigenvalue weighted by molar-refractivity contribution is -0.140. The quantitative estimate of drug-likeness (QED) is 0.660. The third kappa shape index (κ3) is 4.34. The number of amides is 3. The number of carbonyl (C=O) groups excluding carboxylic acids is 3. The van der Waals surface area contributed by atoms with Gasteiger partial charge in [0.15, 0.2) is 0 Å². The molecule has 2 N–H and O–H groups in total. The van der Waals surface area contributed by atoms with Crippen LogP contribution in [0, 0.1) is 5.92 Å². The summed E-state index contributed by atoms with van der Waals surface area (Å²) < 4.78 is 22.9. The first-order valence-corrected chi connectivity index (χ1v) is 11.6.